The van der Waals surface area contributed by atoms with Crippen molar-refractivity contribution in [2.45, 2.75) is 39.2 Å². The van der Waals surface area contributed by atoms with Crippen LogP contribution >= 0.6 is 12.2 Å². The van der Waals surface area contributed by atoms with Crippen molar-refractivity contribution < 1.29 is 4.39 Å². The first-order valence-electron chi connectivity index (χ1n) is 6.82. The molecule has 0 aromatic heterocycles. The highest BCUT2D eigenvalue weighted by atomic mass is 32.1. The molecule has 0 bridgehead atoms. The van der Waals surface area contributed by atoms with Crippen LogP contribution in [0.5, 0.6) is 0 Å². The Kier molecular flexibility index (Phi) is 4.40. The van der Waals surface area contributed by atoms with Crippen LogP contribution in [0.4, 0.5) is 10.1 Å². The Balaban J connectivity index is 2.19. The minimum atomic E-state index is -0.352. The van der Waals surface area contributed by atoms with Gasteiger partial charge >= 0.3 is 0 Å². The molecule has 0 amide bonds. The Bertz CT molecular complexity index is 465. The first-order valence-corrected chi connectivity index (χ1v) is 7.23. The Morgan fingerprint density at radius 3 is 2.47 bits per heavy atom. The van der Waals surface area contributed by atoms with Crippen LogP contribution in [-0.2, 0) is 0 Å². The molecule has 1 saturated carbocycles. The van der Waals surface area contributed by atoms with Crippen molar-refractivity contribution in [2.24, 2.45) is 17.6 Å². The SMILES string of the molecule is CC1CC(C)CC(Nc2cccc(F)c2C(N)=S)C1. The number of nitrogens with two attached hydrogens (primary N) is 1. The van der Waals surface area contributed by atoms with Crippen LogP contribution in [0.1, 0.15) is 38.7 Å². The molecule has 1 aromatic rings. The molecule has 0 saturated heterocycles. The lowest BCUT2D eigenvalue weighted by atomic mass is 9.80. The van der Waals surface area contributed by atoms with Gasteiger partial charge in [-0.2, -0.15) is 0 Å². The number of halogens is 1. The summed E-state index contributed by atoms with van der Waals surface area (Å²) in [5, 5.41) is 3.42. The fourth-order valence-electron chi connectivity index (χ4n) is 3.18. The van der Waals surface area contributed by atoms with Gasteiger partial charge in [0.2, 0.25) is 0 Å². The number of rotatable bonds is 3. The minimum Gasteiger partial charge on any atom is -0.389 e. The van der Waals surface area contributed by atoms with Gasteiger partial charge in [-0.05, 0) is 43.2 Å². The molecular weight excluding hydrogens is 259 g/mol. The molecule has 0 aliphatic heterocycles. The van der Waals surface area contributed by atoms with Gasteiger partial charge in [-0.25, -0.2) is 4.39 Å². The summed E-state index contributed by atoms with van der Waals surface area (Å²) >= 11 is 4.95. The van der Waals surface area contributed by atoms with Crippen molar-refractivity contribution in [1.29, 1.82) is 0 Å². The number of benzene rings is 1. The first kappa shape index (κ1) is 14.3. The second-order valence-electron chi connectivity index (χ2n) is 5.79. The molecule has 1 aromatic carbocycles. The number of thiocarbonyl (C=S) groups is 1. The zero-order valence-electron chi connectivity index (χ0n) is 11.4. The predicted molar refractivity (Wildman–Crippen MR) is 81.9 cm³/mol. The first-order chi connectivity index (χ1) is 8.97. The van der Waals surface area contributed by atoms with Gasteiger partial charge in [-0.15, -0.1) is 0 Å². The Labute approximate surface area is 119 Å². The van der Waals surface area contributed by atoms with E-state index in [1.54, 1.807) is 6.07 Å². The summed E-state index contributed by atoms with van der Waals surface area (Å²) in [7, 11) is 0. The van der Waals surface area contributed by atoms with Crippen molar-refractivity contribution in [3.63, 3.8) is 0 Å². The van der Waals surface area contributed by atoms with E-state index in [-0.39, 0.29) is 10.8 Å². The van der Waals surface area contributed by atoms with Crippen LogP contribution in [0.15, 0.2) is 18.2 Å². The van der Waals surface area contributed by atoms with Gasteiger partial charge in [-0.1, -0.05) is 32.1 Å². The van der Waals surface area contributed by atoms with E-state index in [9.17, 15) is 4.39 Å². The fraction of sp³-hybridized carbons (Fsp3) is 0.533. The Hall–Kier alpha value is -1.16. The highest BCUT2D eigenvalue weighted by molar-refractivity contribution is 7.80. The van der Waals surface area contributed by atoms with Crippen molar-refractivity contribution in [3.05, 3.63) is 29.6 Å². The van der Waals surface area contributed by atoms with Crippen molar-refractivity contribution in [3.8, 4) is 0 Å². The molecule has 19 heavy (non-hydrogen) atoms. The minimum absolute atomic E-state index is 0.109. The van der Waals surface area contributed by atoms with Crippen LogP contribution in [-0.4, -0.2) is 11.0 Å². The summed E-state index contributed by atoms with van der Waals surface area (Å²) in [6.45, 7) is 4.54. The molecule has 1 fully saturated rings. The Morgan fingerprint density at radius 2 is 1.89 bits per heavy atom. The predicted octanol–water partition coefficient (Wildman–Crippen LogP) is 3.70. The van der Waals surface area contributed by atoms with Gasteiger partial charge in [0, 0.05) is 11.7 Å². The summed E-state index contributed by atoms with van der Waals surface area (Å²) in [6, 6.07) is 5.30. The van der Waals surface area contributed by atoms with Crippen LogP contribution in [0.2, 0.25) is 0 Å². The summed E-state index contributed by atoms with van der Waals surface area (Å²) in [5.41, 5.74) is 6.68. The molecule has 104 valence electrons. The summed E-state index contributed by atoms with van der Waals surface area (Å²) in [4.78, 5) is 0.109. The molecule has 2 nitrogen and oxygen atoms in total. The van der Waals surface area contributed by atoms with E-state index < -0.39 is 0 Å². The highest BCUT2D eigenvalue weighted by Crippen LogP contribution is 2.31. The molecule has 2 unspecified atom stereocenters. The molecular formula is C15H21FN2S. The molecule has 1 aliphatic rings. The van der Waals surface area contributed by atoms with E-state index >= 15 is 0 Å². The number of hydrogen-bond acceptors (Lipinski definition) is 2. The fourth-order valence-corrected chi connectivity index (χ4v) is 3.39. The van der Waals surface area contributed by atoms with Crippen LogP contribution in [0.25, 0.3) is 0 Å². The maximum Gasteiger partial charge on any atom is 0.135 e. The normalized spacial score (nSPS) is 27.0. The van der Waals surface area contributed by atoms with E-state index in [2.05, 4.69) is 19.2 Å². The number of nitrogens with one attached hydrogen (secondary N) is 1. The molecule has 3 N–H and O–H groups in total. The lowest BCUT2D eigenvalue weighted by Gasteiger charge is -2.33. The average molecular weight is 280 g/mol. The topological polar surface area (TPSA) is 38.0 Å². The van der Waals surface area contributed by atoms with Crippen molar-refractivity contribution in [1.82, 2.24) is 0 Å². The second kappa shape index (κ2) is 5.87. The average Bonchev–Trinajstić information content (AvgIpc) is 2.26. The summed E-state index contributed by atoms with van der Waals surface area (Å²) < 4.78 is 13.8. The number of anilines is 1. The number of hydrogen-bond donors (Lipinski definition) is 2. The zero-order valence-corrected chi connectivity index (χ0v) is 12.3. The summed E-state index contributed by atoms with van der Waals surface area (Å²) in [6.07, 6.45) is 3.48. The maximum absolute atomic E-state index is 13.8. The van der Waals surface area contributed by atoms with E-state index in [0.29, 0.717) is 23.4 Å². The van der Waals surface area contributed by atoms with Gasteiger partial charge in [0.1, 0.15) is 10.8 Å². The van der Waals surface area contributed by atoms with Crippen LogP contribution in [0.3, 0.4) is 0 Å². The van der Waals surface area contributed by atoms with Gasteiger partial charge in [0.15, 0.2) is 0 Å². The molecule has 0 radical (unpaired) electrons. The lowest BCUT2D eigenvalue weighted by Crippen LogP contribution is -2.31. The third-order valence-electron chi connectivity index (χ3n) is 3.80. The Morgan fingerprint density at radius 1 is 1.26 bits per heavy atom. The monoisotopic (exact) mass is 280 g/mol. The second-order valence-corrected chi connectivity index (χ2v) is 6.23. The van der Waals surface area contributed by atoms with Gasteiger partial charge in [0.05, 0.1) is 5.56 Å². The molecule has 2 rings (SSSR count). The van der Waals surface area contributed by atoms with Gasteiger partial charge < -0.3 is 11.1 Å². The van der Waals surface area contributed by atoms with Gasteiger partial charge in [-0.3, -0.25) is 0 Å². The molecule has 4 heteroatoms. The lowest BCUT2D eigenvalue weighted by molar-refractivity contribution is 0.281. The molecule has 0 spiro atoms. The largest absolute Gasteiger partial charge is 0.389 e. The van der Waals surface area contributed by atoms with E-state index in [4.69, 9.17) is 18.0 Å². The van der Waals surface area contributed by atoms with Crippen LogP contribution in [0, 0.1) is 17.7 Å². The van der Waals surface area contributed by atoms with E-state index in [1.165, 1.54) is 12.5 Å². The van der Waals surface area contributed by atoms with E-state index in [1.807, 2.05) is 6.07 Å². The third kappa shape index (κ3) is 3.44. The molecule has 0 heterocycles. The smallest absolute Gasteiger partial charge is 0.135 e. The van der Waals surface area contributed by atoms with Gasteiger partial charge in [0.25, 0.3) is 0 Å². The zero-order chi connectivity index (χ0) is 14.0. The van der Waals surface area contributed by atoms with Crippen molar-refractivity contribution in [2.75, 3.05) is 5.32 Å². The standard InChI is InChI=1S/C15H21FN2S/c1-9-6-10(2)8-11(7-9)18-13-5-3-4-12(16)14(13)15(17)19/h3-5,9-11,18H,6-8H2,1-2H3,(H2,17,19). The van der Waals surface area contributed by atoms with Crippen LogP contribution < -0.4 is 11.1 Å². The quantitative estimate of drug-likeness (QED) is 0.829. The molecule has 2 atom stereocenters. The van der Waals surface area contributed by atoms with E-state index in [0.717, 1.165) is 18.5 Å². The summed E-state index contributed by atoms with van der Waals surface area (Å²) in [5.74, 6) is 1.04. The third-order valence-corrected chi connectivity index (χ3v) is 4.00. The highest BCUT2D eigenvalue weighted by Gasteiger charge is 2.24. The van der Waals surface area contributed by atoms with Crippen molar-refractivity contribution >= 4 is 22.9 Å². The molecule has 1 aliphatic carbocycles. The maximum atomic E-state index is 13.8.